The van der Waals surface area contributed by atoms with Crippen molar-refractivity contribution in [3.05, 3.63) is 58.5 Å². The van der Waals surface area contributed by atoms with E-state index in [4.69, 9.17) is 17.3 Å². The summed E-state index contributed by atoms with van der Waals surface area (Å²) in [5.74, 6) is -2.92. The first kappa shape index (κ1) is 26.7. The zero-order valence-corrected chi connectivity index (χ0v) is 20.9. The number of rotatable bonds is 7. The Morgan fingerprint density at radius 2 is 2.00 bits per heavy atom. The van der Waals surface area contributed by atoms with Gasteiger partial charge in [0.05, 0.1) is 17.1 Å². The van der Waals surface area contributed by atoms with E-state index in [1.807, 2.05) is 0 Å². The third kappa shape index (κ3) is 5.52. The highest BCUT2D eigenvalue weighted by Gasteiger charge is 2.40. The molecule has 0 spiro atoms. The van der Waals surface area contributed by atoms with Crippen molar-refractivity contribution in [3.8, 4) is 0 Å². The van der Waals surface area contributed by atoms with Gasteiger partial charge in [-0.05, 0) is 30.6 Å². The maximum Gasteiger partial charge on any atom is 0.269 e. The molecule has 3 amide bonds. The van der Waals surface area contributed by atoms with E-state index in [1.54, 1.807) is 0 Å². The second kappa shape index (κ2) is 10.2. The fourth-order valence-electron chi connectivity index (χ4n) is 4.20. The zero-order chi connectivity index (χ0) is 27.1. The van der Waals surface area contributed by atoms with Crippen LogP contribution < -0.4 is 16.4 Å². The van der Waals surface area contributed by atoms with Gasteiger partial charge in [0.25, 0.3) is 5.91 Å². The van der Waals surface area contributed by atoms with Gasteiger partial charge in [0, 0.05) is 29.2 Å². The van der Waals surface area contributed by atoms with E-state index in [9.17, 15) is 33.0 Å². The lowest BCUT2D eigenvalue weighted by atomic mass is 10.1. The third-order valence-corrected chi connectivity index (χ3v) is 7.42. The number of carbonyl (C=O) groups excluding carboxylic acids is 3. The molecular formula is C23H23ClF2N5O5P. The van der Waals surface area contributed by atoms with Crippen LogP contribution in [0.15, 0.2) is 36.4 Å². The molecule has 37 heavy (non-hydrogen) atoms. The molecule has 1 fully saturated rings. The summed E-state index contributed by atoms with van der Waals surface area (Å²) >= 11 is 5.76. The van der Waals surface area contributed by atoms with Gasteiger partial charge in [-0.2, -0.15) is 5.10 Å². The number of halogens is 3. The average Bonchev–Trinajstić information content (AvgIpc) is 3.40. The first-order valence-electron chi connectivity index (χ1n) is 11.0. The Kier molecular flexibility index (Phi) is 7.38. The van der Waals surface area contributed by atoms with Crippen LogP contribution >= 0.6 is 18.9 Å². The van der Waals surface area contributed by atoms with E-state index in [0.717, 1.165) is 9.58 Å². The van der Waals surface area contributed by atoms with E-state index in [1.165, 1.54) is 36.4 Å². The van der Waals surface area contributed by atoms with Crippen molar-refractivity contribution < 1.29 is 33.0 Å². The molecular weight excluding hydrogens is 531 g/mol. The standard InChI is InChI=1S/C23H23ClF2N5O5P/c1-37(35,36)14-5-6-15-17(8-14)31(29-21(15)22(27)33)11-19(32)30-10-13(25)7-18(30)23(34)28-9-12-3-2-4-16(24)20(12)26/h2-6,8,13,18,35-36H,1,7,9-11H2,(H2,27,33)(H,28,34)/t13-,18+/m1/s1. The van der Waals surface area contributed by atoms with Gasteiger partial charge in [-0.15, -0.1) is 0 Å². The summed E-state index contributed by atoms with van der Waals surface area (Å²) < 4.78 is 29.6. The highest BCUT2D eigenvalue weighted by molar-refractivity contribution is 7.70. The fourth-order valence-corrected chi connectivity index (χ4v) is 5.04. The quantitative estimate of drug-likeness (QED) is 0.321. The van der Waals surface area contributed by atoms with E-state index >= 15 is 0 Å². The Morgan fingerprint density at radius 3 is 2.68 bits per heavy atom. The normalized spacial score (nSPS) is 17.8. The number of nitrogens with one attached hydrogen (secondary N) is 1. The van der Waals surface area contributed by atoms with E-state index < -0.39 is 49.6 Å². The smallest absolute Gasteiger partial charge is 0.269 e. The summed E-state index contributed by atoms with van der Waals surface area (Å²) in [6.07, 6.45) is 1.62. The summed E-state index contributed by atoms with van der Waals surface area (Å²) in [5, 5.41) is 6.81. The molecule has 2 atom stereocenters. The van der Waals surface area contributed by atoms with Crippen LogP contribution in [0.4, 0.5) is 8.78 Å². The van der Waals surface area contributed by atoms with Gasteiger partial charge in [0.2, 0.25) is 11.8 Å². The highest BCUT2D eigenvalue weighted by Crippen LogP contribution is 2.34. The molecule has 0 saturated carbocycles. The van der Waals surface area contributed by atoms with Gasteiger partial charge in [-0.3, -0.25) is 19.1 Å². The number of carbonyl (C=O) groups is 3. The van der Waals surface area contributed by atoms with Gasteiger partial charge in [0.15, 0.2) is 5.69 Å². The summed E-state index contributed by atoms with van der Waals surface area (Å²) in [7, 11) is -3.67. The summed E-state index contributed by atoms with van der Waals surface area (Å²) in [4.78, 5) is 58.8. The van der Waals surface area contributed by atoms with Crippen molar-refractivity contribution in [1.29, 1.82) is 0 Å². The summed E-state index contributed by atoms with van der Waals surface area (Å²) in [6.45, 7) is -1.06. The zero-order valence-electron chi connectivity index (χ0n) is 19.3. The first-order valence-corrected chi connectivity index (χ1v) is 13.3. The lowest BCUT2D eigenvalue weighted by Crippen LogP contribution is -2.46. The van der Waals surface area contributed by atoms with Crippen molar-refractivity contribution in [3.63, 3.8) is 0 Å². The van der Waals surface area contributed by atoms with Crippen LogP contribution in [-0.4, -0.2) is 67.2 Å². The topological polar surface area (TPSA) is 151 Å². The number of amides is 3. The van der Waals surface area contributed by atoms with Gasteiger partial charge >= 0.3 is 0 Å². The predicted octanol–water partition coefficient (Wildman–Crippen LogP) is 1.07. The van der Waals surface area contributed by atoms with Crippen LogP contribution in [0.25, 0.3) is 10.9 Å². The summed E-state index contributed by atoms with van der Waals surface area (Å²) in [6, 6.07) is 7.25. The molecule has 0 unspecified atom stereocenters. The van der Waals surface area contributed by atoms with Crippen molar-refractivity contribution in [2.24, 2.45) is 5.73 Å². The Hall–Kier alpha value is -3.31. The number of aromatic nitrogens is 2. The molecule has 3 aromatic rings. The number of benzene rings is 2. The predicted molar refractivity (Wildman–Crippen MR) is 135 cm³/mol. The van der Waals surface area contributed by atoms with Gasteiger partial charge in [-0.25, -0.2) is 8.78 Å². The van der Waals surface area contributed by atoms with Gasteiger partial charge in [-0.1, -0.05) is 23.7 Å². The lowest BCUT2D eigenvalue weighted by Gasteiger charge is -2.24. The van der Waals surface area contributed by atoms with Crippen molar-refractivity contribution in [1.82, 2.24) is 20.0 Å². The van der Waals surface area contributed by atoms with Crippen LogP contribution in [0.3, 0.4) is 0 Å². The Bertz CT molecular complexity index is 1460. The molecule has 2 aromatic carbocycles. The Labute approximate surface area is 214 Å². The average molecular weight is 554 g/mol. The molecule has 1 aromatic heterocycles. The van der Waals surface area contributed by atoms with Crippen molar-refractivity contribution in [2.75, 3.05) is 6.54 Å². The summed E-state index contributed by atoms with van der Waals surface area (Å²) in [5.41, 5.74) is 5.57. The number of nitrogens with two attached hydrogens (primary N) is 1. The molecule has 1 saturated heterocycles. The Morgan fingerprint density at radius 1 is 1.27 bits per heavy atom. The molecule has 4 rings (SSSR count). The molecule has 2 heterocycles. The van der Waals surface area contributed by atoms with Gasteiger partial charge in [0.1, 0.15) is 31.9 Å². The number of hydrogen-bond donors (Lipinski definition) is 4. The van der Waals surface area contributed by atoms with Crippen LogP contribution in [0.5, 0.6) is 0 Å². The molecule has 14 heteroatoms. The van der Waals surface area contributed by atoms with E-state index in [-0.39, 0.29) is 52.0 Å². The molecule has 10 nitrogen and oxygen atoms in total. The fraction of sp³-hybridized carbons (Fsp3) is 0.261. The maximum atomic E-state index is 14.3. The maximum absolute atomic E-state index is 14.3. The molecule has 0 aliphatic carbocycles. The lowest BCUT2D eigenvalue weighted by molar-refractivity contribution is -0.139. The highest BCUT2D eigenvalue weighted by atomic mass is 35.5. The van der Waals surface area contributed by atoms with Crippen LogP contribution in [0.2, 0.25) is 5.02 Å². The molecule has 196 valence electrons. The molecule has 1 aliphatic heterocycles. The number of primary amides is 1. The van der Waals surface area contributed by atoms with Crippen LogP contribution in [0, 0.1) is 5.82 Å². The molecule has 0 bridgehead atoms. The number of nitrogens with zero attached hydrogens (tertiary/aromatic N) is 3. The first-order chi connectivity index (χ1) is 17.4. The Balaban J connectivity index is 1.57. The second-order valence-electron chi connectivity index (χ2n) is 8.63. The van der Waals surface area contributed by atoms with Gasteiger partial charge < -0.3 is 25.7 Å². The second-order valence-corrected chi connectivity index (χ2v) is 11.0. The van der Waals surface area contributed by atoms with Crippen molar-refractivity contribution >= 4 is 59.2 Å². The van der Waals surface area contributed by atoms with Crippen LogP contribution in [-0.2, 0) is 22.7 Å². The number of likely N-dealkylation sites (tertiary alicyclic amines) is 1. The third-order valence-electron chi connectivity index (χ3n) is 6.02. The molecule has 0 radical (unpaired) electrons. The van der Waals surface area contributed by atoms with Crippen LogP contribution in [0.1, 0.15) is 22.5 Å². The molecule has 5 N–H and O–H groups in total. The number of hydrogen-bond acceptors (Lipinski definition) is 6. The van der Waals surface area contributed by atoms with E-state index in [2.05, 4.69) is 16.7 Å². The number of fused-ring (bicyclic) bond motifs is 1. The minimum absolute atomic E-state index is 0.0696. The largest absolute Gasteiger partial charge is 0.364 e. The minimum atomic E-state index is -3.67. The monoisotopic (exact) mass is 553 g/mol. The van der Waals surface area contributed by atoms with Crippen molar-refractivity contribution in [2.45, 2.75) is 31.7 Å². The number of alkyl halides is 1. The minimum Gasteiger partial charge on any atom is -0.364 e. The van der Waals surface area contributed by atoms with E-state index in [0.29, 0.717) is 0 Å². The molecule has 1 aliphatic rings. The SMILES string of the molecule is C=P(O)(O)c1ccc2c(C(N)=O)nn(CC(=O)N3C[C@H](F)C[C@H]3C(=O)NCc3cccc(Cl)c3F)c2c1.